The van der Waals surface area contributed by atoms with Gasteiger partial charge >= 0.3 is 0 Å². The van der Waals surface area contributed by atoms with Crippen molar-refractivity contribution in [2.45, 2.75) is 12.8 Å². The lowest BCUT2D eigenvalue weighted by Gasteiger charge is -2.19. The molecule has 0 atom stereocenters. The van der Waals surface area contributed by atoms with Crippen LogP contribution in [0.15, 0.2) is 280 Å². The molecule has 4 aromatic heterocycles. The third kappa shape index (κ3) is 9.22. The topological polar surface area (TPSA) is 43.1 Å². The summed E-state index contributed by atoms with van der Waals surface area (Å²) in [5.41, 5.74) is 24.1. The van der Waals surface area contributed by atoms with Crippen LogP contribution in [-0.4, -0.2) is 19.4 Å². The number of aryl methyl sites for hydroxylation is 2. The van der Waals surface area contributed by atoms with E-state index in [1.54, 1.807) is 0 Å². The Morgan fingerprint density at radius 1 is 0.267 bits per heavy atom. The average molecular weight is 959 g/mol. The van der Waals surface area contributed by atoms with E-state index in [9.17, 15) is 0 Å². The van der Waals surface area contributed by atoms with Crippen molar-refractivity contribution in [1.82, 2.24) is 19.4 Å². The van der Waals surface area contributed by atoms with E-state index >= 15 is 0 Å². The number of aromatic nitrogens is 4. The Hall–Kier alpha value is -9.77. The van der Waals surface area contributed by atoms with Crippen molar-refractivity contribution in [2.24, 2.45) is 0 Å². The lowest BCUT2D eigenvalue weighted by atomic mass is 9.85. The summed E-state index contributed by atoms with van der Waals surface area (Å²) in [5.74, 6) is 0. The number of pyridine rings is 3. The SMILES string of the molecule is c1ccc(-c2cccc(-c3ccc(-c4cc(-c5ccccn5)ccc4-c4ccccc4-c4cc(CCc5ccc6c(ccn7ccnc67)c5)cc(-c5ccccc5-c5ccc(-c6ccccn6)cc5)c4)cc3)c2)cc1. The second-order valence-corrected chi connectivity index (χ2v) is 19.2. The third-order valence-electron chi connectivity index (χ3n) is 14.5. The standard InChI is InChI=1S/C71H50N4/c1-2-13-51(14-3-1)56-15-12-16-57(46-56)52-26-28-54(29-27-52)68-48-59(70-22-9-11-39-73-70)34-36-67(68)66-20-7-6-19-64(66)61-45-50(24-23-49-25-35-65-58(43-49)37-41-75-42-40-74-71(65)75)44-60(47-61)63-18-5-4-17-62(63)53-30-32-55(33-31-53)69-21-8-10-38-72-69/h1-22,25-48H,23-24H2. The summed E-state index contributed by atoms with van der Waals surface area (Å²) < 4.78 is 2.08. The van der Waals surface area contributed by atoms with Crippen molar-refractivity contribution < 1.29 is 0 Å². The number of benzene rings is 9. The third-order valence-corrected chi connectivity index (χ3v) is 14.5. The first-order valence-electron chi connectivity index (χ1n) is 25.7. The Bertz CT molecular complexity index is 4140. The molecule has 0 saturated heterocycles. The molecule has 0 amide bonds. The van der Waals surface area contributed by atoms with Crippen molar-refractivity contribution >= 4 is 16.4 Å². The van der Waals surface area contributed by atoms with Crippen molar-refractivity contribution in [3.8, 4) is 100 Å². The van der Waals surface area contributed by atoms with Crippen LogP contribution >= 0.6 is 0 Å². The smallest absolute Gasteiger partial charge is 0.144 e. The number of imidazole rings is 1. The maximum atomic E-state index is 4.79. The van der Waals surface area contributed by atoms with Gasteiger partial charge in [0.05, 0.1) is 11.4 Å². The van der Waals surface area contributed by atoms with Crippen LogP contribution in [0.2, 0.25) is 0 Å². The Morgan fingerprint density at radius 2 is 0.787 bits per heavy atom. The minimum Gasteiger partial charge on any atom is -0.307 e. The highest BCUT2D eigenvalue weighted by molar-refractivity contribution is 5.96. The van der Waals surface area contributed by atoms with Gasteiger partial charge in [0.15, 0.2) is 0 Å². The molecule has 0 N–H and O–H groups in total. The van der Waals surface area contributed by atoms with Crippen LogP contribution in [0.5, 0.6) is 0 Å². The second kappa shape index (κ2) is 20.0. The summed E-state index contributed by atoms with van der Waals surface area (Å²) in [5, 5.41) is 2.36. The van der Waals surface area contributed by atoms with Gasteiger partial charge in [0.25, 0.3) is 0 Å². The second-order valence-electron chi connectivity index (χ2n) is 19.2. The molecule has 4 heteroatoms. The van der Waals surface area contributed by atoms with Gasteiger partial charge in [-0.1, -0.05) is 200 Å². The van der Waals surface area contributed by atoms with Crippen molar-refractivity contribution in [1.29, 1.82) is 0 Å². The van der Waals surface area contributed by atoms with E-state index in [1.165, 1.54) is 72.1 Å². The summed E-state index contributed by atoms with van der Waals surface area (Å²) in [4.78, 5) is 14.1. The van der Waals surface area contributed by atoms with Gasteiger partial charge in [0, 0.05) is 47.5 Å². The van der Waals surface area contributed by atoms with E-state index < -0.39 is 0 Å². The summed E-state index contributed by atoms with van der Waals surface area (Å²) in [6.45, 7) is 0. The van der Waals surface area contributed by atoms with Crippen LogP contribution in [0.4, 0.5) is 0 Å². The van der Waals surface area contributed by atoms with Crippen molar-refractivity contribution in [3.05, 3.63) is 291 Å². The molecule has 0 unspecified atom stereocenters. The van der Waals surface area contributed by atoms with Gasteiger partial charge in [0.1, 0.15) is 5.65 Å². The van der Waals surface area contributed by atoms with E-state index in [0.717, 1.165) is 68.6 Å². The van der Waals surface area contributed by atoms with E-state index in [1.807, 2.05) is 43.0 Å². The molecule has 4 heterocycles. The van der Waals surface area contributed by atoms with Crippen LogP contribution < -0.4 is 0 Å². The fourth-order valence-electron chi connectivity index (χ4n) is 10.7. The summed E-state index contributed by atoms with van der Waals surface area (Å²) >= 11 is 0. The molecule has 9 aromatic carbocycles. The molecule has 0 bridgehead atoms. The highest BCUT2D eigenvalue weighted by atomic mass is 15.0. The molecule has 0 fully saturated rings. The predicted molar refractivity (Wildman–Crippen MR) is 311 cm³/mol. The van der Waals surface area contributed by atoms with Crippen LogP contribution in [0, 0.1) is 0 Å². The molecular formula is C71H50N4. The fraction of sp³-hybridized carbons (Fsp3) is 0.0282. The Balaban J connectivity index is 0.920. The first kappa shape index (κ1) is 45.1. The minimum atomic E-state index is 0.867. The van der Waals surface area contributed by atoms with Gasteiger partial charge in [-0.25, -0.2) is 4.98 Å². The highest BCUT2D eigenvalue weighted by Crippen LogP contribution is 2.43. The molecule has 354 valence electrons. The molecule has 0 aliphatic rings. The van der Waals surface area contributed by atoms with Crippen LogP contribution in [0.1, 0.15) is 11.1 Å². The van der Waals surface area contributed by atoms with Crippen molar-refractivity contribution in [3.63, 3.8) is 0 Å². The summed E-state index contributed by atoms with van der Waals surface area (Å²) in [6.07, 6.45) is 11.4. The van der Waals surface area contributed by atoms with E-state index in [2.05, 4.69) is 251 Å². The number of fused-ring (bicyclic) bond motifs is 3. The largest absolute Gasteiger partial charge is 0.307 e. The van der Waals surface area contributed by atoms with E-state index in [-0.39, 0.29) is 0 Å². The maximum absolute atomic E-state index is 4.79. The molecule has 0 spiro atoms. The molecule has 0 saturated carbocycles. The Labute approximate surface area is 437 Å². The number of hydrogen-bond acceptors (Lipinski definition) is 3. The minimum absolute atomic E-state index is 0.867. The highest BCUT2D eigenvalue weighted by Gasteiger charge is 2.18. The van der Waals surface area contributed by atoms with Gasteiger partial charge in [-0.05, 0) is 156 Å². The molecule has 0 aliphatic carbocycles. The molecule has 0 aliphatic heterocycles. The molecular weight excluding hydrogens is 909 g/mol. The monoisotopic (exact) mass is 958 g/mol. The first-order valence-corrected chi connectivity index (χ1v) is 25.7. The average Bonchev–Trinajstić information content (AvgIpc) is 3.99. The Kier molecular flexibility index (Phi) is 12.0. The van der Waals surface area contributed by atoms with Gasteiger partial charge in [-0.15, -0.1) is 0 Å². The van der Waals surface area contributed by atoms with Crippen molar-refractivity contribution in [2.75, 3.05) is 0 Å². The van der Waals surface area contributed by atoms with E-state index in [0.29, 0.717) is 0 Å². The fourth-order valence-corrected chi connectivity index (χ4v) is 10.7. The first-order chi connectivity index (χ1) is 37.1. The molecule has 0 radical (unpaired) electrons. The van der Waals surface area contributed by atoms with E-state index in [4.69, 9.17) is 4.98 Å². The predicted octanol–water partition coefficient (Wildman–Crippen LogP) is 18.1. The normalized spacial score (nSPS) is 11.3. The number of rotatable bonds is 12. The lowest BCUT2D eigenvalue weighted by molar-refractivity contribution is 0.963. The number of nitrogens with zero attached hydrogens (tertiary/aromatic N) is 4. The van der Waals surface area contributed by atoms with Crippen LogP contribution in [-0.2, 0) is 12.8 Å². The number of hydrogen-bond donors (Lipinski definition) is 0. The molecule has 13 aromatic rings. The van der Waals surface area contributed by atoms with Gasteiger partial charge in [-0.2, -0.15) is 0 Å². The van der Waals surface area contributed by atoms with Crippen LogP contribution in [0.25, 0.3) is 117 Å². The van der Waals surface area contributed by atoms with Gasteiger partial charge in [0.2, 0.25) is 0 Å². The molecule has 13 rings (SSSR count). The lowest BCUT2D eigenvalue weighted by Crippen LogP contribution is -1.96. The maximum Gasteiger partial charge on any atom is 0.144 e. The quantitative estimate of drug-likeness (QED) is 0.123. The van der Waals surface area contributed by atoms with Gasteiger partial charge in [-0.3, -0.25) is 9.97 Å². The molecule has 4 nitrogen and oxygen atoms in total. The zero-order chi connectivity index (χ0) is 49.9. The zero-order valence-corrected chi connectivity index (χ0v) is 41.3. The molecule has 75 heavy (non-hydrogen) atoms. The Morgan fingerprint density at radius 3 is 1.48 bits per heavy atom. The van der Waals surface area contributed by atoms with Crippen LogP contribution in [0.3, 0.4) is 0 Å². The summed E-state index contributed by atoms with van der Waals surface area (Å²) in [6, 6.07) is 90.3. The zero-order valence-electron chi connectivity index (χ0n) is 41.3. The summed E-state index contributed by atoms with van der Waals surface area (Å²) in [7, 11) is 0. The van der Waals surface area contributed by atoms with Gasteiger partial charge < -0.3 is 4.40 Å².